The highest BCUT2D eigenvalue weighted by molar-refractivity contribution is 7.91. The van der Waals surface area contributed by atoms with E-state index in [1.807, 2.05) is 0 Å². The van der Waals surface area contributed by atoms with E-state index in [1.165, 1.54) is 54.6 Å². The number of halogens is 2. The zero-order valence-corrected chi connectivity index (χ0v) is 20.5. The van der Waals surface area contributed by atoms with E-state index in [2.05, 4.69) is 0 Å². The van der Waals surface area contributed by atoms with Crippen molar-refractivity contribution in [2.24, 2.45) is 0 Å². The van der Waals surface area contributed by atoms with Crippen LogP contribution < -0.4 is 4.90 Å². The van der Waals surface area contributed by atoms with E-state index in [-0.39, 0.29) is 56.4 Å². The molecule has 1 atom stereocenters. The van der Waals surface area contributed by atoms with Crippen molar-refractivity contribution in [3.8, 4) is 0 Å². The quantitative estimate of drug-likeness (QED) is 0.441. The van der Waals surface area contributed by atoms with Gasteiger partial charge in [0.2, 0.25) is 9.84 Å². The summed E-state index contributed by atoms with van der Waals surface area (Å²) in [6, 6.07) is 13.8. The molecule has 0 aromatic heterocycles. The third kappa shape index (κ3) is 4.38. The predicted octanol–water partition coefficient (Wildman–Crippen LogP) is 4.81. The number of carbonyl (C=O) groups excluding carboxylic acids is 2. The molecule has 36 heavy (non-hydrogen) atoms. The van der Waals surface area contributed by atoms with Crippen LogP contribution in [-0.4, -0.2) is 39.6 Å². The van der Waals surface area contributed by atoms with E-state index in [0.29, 0.717) is 6.61 Å². The van der Waals surface area contributed by atoms with E-state index < -0.39 is 27.5 Å². The van der Waals surface area contributed by atoms with Gasteiger partial charge < -0.3 is 14.4 Å². The van der Waals surface area contributed by atoms with Crippen LogP contribution in [0.2, 0.25) is 5.02 Å². The van der Waals surface area contributed by atoms with Gasteiger partial charge in [0.25, 0.3) is 5.91 Å². The van der Waals surface area contributed by atoms with Crippen LogP contribution in [0.5, 0.6) is 0 Å². The maximum Gasteiger partial charge on any atom is 0.338 e. The van der Waals surface area contributed by atoms with E-state index in [4.69, 9.17) is 21.1 Å². The summed E-state index contributed by atoms with van der Waals surface area (Å²) in [7, 11) is -4.15. The van der Waals surface area contributed by atoms with Gasteiger partial charge >= 0.3 is 5.97 Å². The summed E-state index contributed by atoms with van der Waals surface area (Å²) in [5.74, 6) is -2.01. The molecule has 5 rings (SSSR count). The normalized spacial score (nSPS) is 18.3. The van der Waals surface area contributed by atoms with Crippen LogP contribution >= 0.6 is 11.6 Å². The van der Waals surface area contributed by atoms with Crippen molar-refractivity contribution in [2.75, 3.05) is 18.1 Å². The first-order valence-electron chi connectivity index (χ1n) is 11.3. The fourth-order valence-corrected chi connectivity index (χ4v) is 6.21. The molecule has 0 N–H and O–H groups in total. The Bertz CT molecular complexity index is 1450. The van der Waals surface area contributed by atoms with Gasteiger partial charge in [0.05, 0.1) is 39.3 Å². The number of amides is 1. The average molecular weight is 530 g/mol. The lowest BCUT2D eigenvalue weighted by Gasteiger charge is -2.24. The highest BCUT2D eigenvalue weighted by atomic mass is 35.5. The first-order chi connectivity index (χ1) is 17.3. The largest absolute Gasteiger partial charge is 0.459 e. The van der Waals surface area contributed by atoms with Gasteiger partial charge in [0, 0.05) is 17.2 Å². The van der Waals surface area contributed by atoms with Gasteiger partial charge in [-0.2, -0.15) is 0 Å². The average Bonchev–Trinajstić information content (AvgIpc) is 3.38. The Hall–Kier alpha value is -3.27. The Morgan fingerprint density at radius 2 is 1.92 bits per heavy atom. The van der Waals surface area contributed by atoms with Gasteiger partial charge in [-0.05, 0) is 55.3 Å². The van der Waals surface area contributed by atoms with Gasteiger partial charge in [0.1, 0.15) is 12.4 Å². The van der Waals surface area contributed by atoms with Crippen LogP contribution in [0, 0.1) is 5.82 Å². The van der Waals surface area contributed by atoms with E-state index in [9.17, 15) is 22.4 Å². The van der Waals surface area contributed by atoms with Crippen molar-refractivity contribution >= 4 is 39.0 Å². The first kappa shape index (κ1) is 24.4. The van der Waals surface area contributed by atoms with Gasteiger partial charge in [0.15, 0.2) is 0 Å². The molecule has 0 saturated carbocycles. The zero-order chi connectivity index (χ0) is 25.4. The molecule has 1 saturated heterocycles. The third-order valence-electron chi connectivity index (χ3n) is 6.23. The Balaban J connectivity index is 1.61. The second-order valence-corrected chi connectivity index (χ2v) is 10.8. The van der Waals surface area contributed by atoms with Crippen molar-refractivity contribution in [3.63, 3.8) is 0 Å². The summed E-state index contributed by atoms with van der Waals surface area (Å²) in [5, 5.41) is 0.0804. The fraction of sp³-hybridized carbons (Fsp3) is 0.231. The number of carbonyl (C=O) groups is 2. The standard InChI is InChI=1S/C26H21ClFNO6S/c27-20-7-3-8-21(28)19(20)14-29-22-13-16(26(31)35-15-17-5-4-12-34-17)10-11-24(22)36(32,33)23-9-2-1-6-18(23)25(29)30/h1-3,6-11,13,17H,4-5,12,14-15H2. The number of nitrogens with zero attached hydrogens (tertiary/aromatic N) is 1. The summed E-state index contributed by atoms with van der Waals surface area (Å²) in [4.78, 5) is 27.2. The van der Waals surface area contributed by atoms with Crippen molar-refractivity contribution in [1.29, 1.82) is 0 Å². The zero-order valence-electron chi connectivity index (χ0n) is 18.9. The summed E-state index contributed by atoms with van der Waals surface area (Å²) < 4.78 is 52.7. The molecule has 3 aromatic carbocycles. The molecule has 0 aliphatic carbocycles. The molecule has 1 unspecified atom stereocenters. The minimum atomic E-state index is -4.15. The molecule has 7 nitrogen and oxygen atoms in total. The summed E-state index contributed by atoms with van der Waals surface area (Å²) in [6.07, 6.45) is 1.47. The van der Waals surface area contributed by atoms with E-state index >= 15 is 0 Å². The van der Waals surface area contributed by atoms with Gasteiger partial charge in [-0.1, -0.05) is 29.8 Å². The summed E-state index contributed by atoms with van der Waals surface area (Å²) >= 11 is 6.22. The second kappa shape index (κ2) is 9.65. The SMILES string of the molecule is O=C(OCC1CCCO1)c1ccc2c(c1)N(Cc1c(F)cccc1Cl)C(=O)c1ccccc1S2(=O)=O. The molecular weight excluding hydrogens is 509 g/mol. The lowest BCUT2D eigenvalue weighted by Crippen LogP contribution is -2.31. The molecule has 0 bridgehead atoms. The lowest BCUT2D eigenvalue weighted by molar-refractivity contribution is 0.0161. The van der Waals surface area contributed by atoms with E-state index in [1.54, 1.807) is 6.07 Å². The number of ether oxygens (including phenoxy) is 2. The minimum absolute atomic E-state index is 0.0154. The Morgan fingerprint density at radius 3 is 2.67 bits per heavy atom. The number of hydrogen-bond acceptors (Lipinski definition) is 6. The van der Waals surface area contributed by atoms with Crippen LogP contribution in [0.3, 0.4) is 0 Å². The van der Waals surface area contributed by atoms with Crippen LogP contribution in [0.1, 0.15) is 39.1 Å². The topological polar surface area (TPSA) is 90.0 Å². The molecular formula is C26H21ClFNO6S. The van der Waals surface area contributed by atoms with Crippen LogP contribution in [0.15, 0.2) is 70.5 Å². The number of sulfone groups is 1. The van der Waals surface area contributed by atoms with Crippen LogP contribution in [0.25, 0.3) is 0 Å². The van der Waals surface area contributed by atoms with Gasteiger partial charge in [-0.3, -0.25) is 4.79 Å². The van der Waals surface area contributed by atoms with Crippen molar-refractivity contribution in [3.05, 3.63) is 88.2 Å². The highest BCUT2D eigenvalue weighted by Gasteiger charge is 2.36. The van der Waals surface area contributed by atoms with Crippen LogP contribution in [0.4, 0.5) is 10.1 Å². The van der Waals surface area contributed by atoms with Crippen molar-refractivity contribution < 1.29 is 31.9 Å². The molecule has 0 spiro atoms. The van der Waals surface area contributed by atoms with Crippen molar-refractivity contribution in [2.45, 2.75) is 35.3 Å². The van der Waals surface area contributed by atoms with E-state index in [0.717, 1.165) is 17.7 Å². The molecule has 186 valence electrons. The third-order valence-corrected chi connectivity index (χ3v) is 8.44. The maximum atomic E-state index is 14.7. The molecule has 1 amide bonds. The number of fused-ring (bicyclic) bond motifs is 2. The Labute approximate surface area is 212 Å². The van der Waals surface area contributed by atoms with Crippen molar-refractivity contribution in [1.82, 2.24) is 0 Å². The molecule has 2 aliphatic heterocycles. The number of esters is 1. The Kier molecular flexibility index (Phi) is 6.55. The smallest absolute Gasteiger partial charge is 0.338 e. The number of benzene rings is 3. The van der Waals surface area contributed by atoms with Gasteiger partial charge in [-0.25, -0.2) is 17.6 Å². The highest BCUT2D eigenvalue weighted by Crippen LogP contribution is 2.39. The Morgan fingerprint density at radius 1 is 1.11 bits per heavy atom. The molecule has 2 aliphatic rings. The first-order valence-corrected chi connectivity index (χ1v) is 13.1. The molecule has 10 heteroatoms. The molecule has 0 radical (unpaired) electrons. The van der Waals surface area contributed by atoms with Gasteiger partial charge in [-0.15, -0.1) is 0 Å². The number of hydrogen-bond donors (Lipinski definition) is 0. The monoisotopic (exact) mass is 529 g/mol. The summed E-state index contributed by atoms with van der Waals surface area (Å²) in [6.45, 7) is 0.317. The molecule has 2 heterocycles. The summed E-state index contributed by atoms with van der Waals surface area (Å²) in [5.41, 5.74) is -0.0716. The number of anilines is 1. The lowest BCUT2D eigenvalue weighted by atomic mass is 10.1. The second-order valence-electron chi connectivity index (χ2n) is 8.51. The number of rotatable bonds is 5. The van der Waals surface area contributed by atoms with Crippen LogP contribution in [-0.2, 0) is 25.9 Å². The fourth-order valence-electron chi connectivity index (χ4n) is 4.36. The molecule has 1 fully saturated rings. The predicted molar refractivity (Wildman–Crippen MR) is 130 cm³/mol. The molecule has 3 aromatic rings. The minimum Gasteiger partial charge on any atom is -0.459 e. The maximum absolute atomic E-state index is 14.7.